The lowest BCUT2D eigenvalue weighted by Crippen LogP contribution is -2.63. The van der Waals surface area contributed by atoms with Crippen molar-refractivity contribution in [2.24, 2.45) is 12.5 Å². The Hall–Kier alpha value is -0.920. The fourth-order valence-electron chi connectivity index (χ4n) is 4.20. The highest BCUT2D eigenvalue weighted by Gasteiger charge is 2.59. The second kappa shape index (κ2) is 5.62. The lowest BCUT2D eigenvalue weighted by Gasteiger charge is -2.56. The fraction of sp³-hybridized carbons (Fsp3) is 0.800. The first kappa shape index (κ1) is 16.0. The van der Waals surface area contributed by atoms with E-state index < -0.39 is 10.0 Å². The molecule has 22 heavy (non-hydrogen) atoms. The summed E-state index contributed by atoms with van der Waals surface area (Å²) in [5.74, 6) is 0. The minimum absolute atomic E-state index is 0.00656. The minimum atomic E-state index is -3.53. The number of hydrogen-bond acceptors (Lipinski definition) is 4. The second-order valence-electron chi connectivity index (χ2n) is 6.53. The molecule has 3 rings (SSSR count). The van der Waals surface area contributed by atoms with E-state index >= 15 is 0 Å². The normalized spacial score (nSPS) is 27.5. The Morgan fingerprint density at radius 1 is 1.45 bits per heavy atom. The summed E-state index contributed by atoms with van der Waals surface area (Å²) in [6.07, 6.45) is 8.52. The van der Waals surface area contributed by atoms with Gasteiger partial charge >= 0.3 is 0 Å². The van der Waals surface area contributed by atoms with E-state index in [1.807, 2.05) is 6.92 Å². The Kier molecular flexibility index (Phi) is 4.07. The number of rotatable bonds is 5. The van der Waals surface area contributed by atoms with Crippen molar-refractivity contribution in [3.05, 3.63) is 12.5 Å². The maximum atomic E-state index is 12.8. The zero-order chi connectivity index (χ0) is 16.0. The quantitative estimate of drug-likeness (QED) is 0.827. The molecule has 124 valence electrons. The number of imidazole rings is 1. The van der Waals surface area contributed by atoms with Crippen LogP contribution in [0.5, 0.6) is 0 Å². The van der Waals surface area contributed by atoms with E-state index in [-0.39, 0.29) is 22.6 Å². The molecule has 1 spiro atoms. The second-order valence-corrected chi connectivity index (χ2v) is 8.48. The van der Waals surface area contributed by atoms with Gasteiger partial charge < -0.3 is 9.30 Å². The van der Waals surface area contributed by atoms with Gasteiger partial charge in [0.2, 0.25) is 0 Å². The van der Waals surface area contributed by atoms with Crippen LogP contribution in [-0.2, 0) is 21.8 Å². The molecule has 2 aliphatic carbocycles. The average molecular weight is 327 g/mol. The first-order valence-corrected chi connectivity index (χ1v) is 9.43. The van der Waals surface area contributed by atoms with Crippen molar-refractivity contribution in [3.63, 3.8) is 0 Å². The first-order chi connectivity index (χ1) is 10.4. The molecule has 0 N–H and O–H groups in total. The van der Waals surface area contributed by atoms with Gasteiger partial charge in [0.25, 0.3) is 10.0 Å². The van der Waals surface area contributed by atoms with Crippen molar-refractivity contribution in [2.75, 3.05) is 13.7 Å². The summed E-state index contributed by atoms with van der Waals surface area (Å²) < 4.78 is 34.7. The largest absolute Gasteiger partial charge is 0.378 e. The highest BCUT2D eigenvalue weighted by atomic mass is 32.2. The van der Waals surface area contributed by atoms with E-state index in [1.165, 1.54) is 10.6 Å². The Morgan fingerprint density at radius 3 is 2.68 bits per heavy atom. The van der Waals surface area contributed by atoms with Crippen molar-refractivity contribution < 1.29 is 13.2 Å². The fourth-order valence-corrected chi connectivity index (χ4v) is 5.60. The van der Waals surface area contributed by atoms with Gasteiger partial charge in [-0.25, -0.2) is 13.4 Å². The molecule has 0 radical (unpaired) electrons. The first-order valence-electron chi connectivity index (χ1n) is 7.99. The third kappa shape index (κ3) is 2.30. The minimum Gasteiger partial charge on any atom is -0.378 e. The molecule has 2 fully saturated rings. The lowest BCUT2D eigenvalue weighted by atomic mass is 9.60. The molecule has 2 atom stereocenters. The van der Waals surface area contributed by atoms with Gasteiger partial charge in [-0.15, -0.1) is 0 Å². The Balaban J connectivity index is 1.84. The van der Waals surface area contributed by atoms with Crippen molar-refractivity contribution in [1.29, 1.82) is 0 Å². The summed E-state index contributed by atoms with van der Waals surface area (Å²) in [4.78, 5) is 4.02. The highest BCUT2D eigenvalue weighted by molar-refractivity contribution is 7.89. The van der Waals surface area contributed by atoms with Crippen molar-refractivity contribution in [2.45, 2.75) is 56.2 Å². The van der Waals surface area contributed by atoms with E-state index in [2.05, 4.69) is 4.98 Å². The molecule has 1 heterocycles. The topological polar surface area (TPSA) is 64.4 Å². The number of aryl methyl sites for hydroxylation is 1. The van der Waals surface area contributed by atoms with Crippen LogP contribution in [0.25, 0.3) is 0 Å². The summed E-state index contributed by atoms with van der Waals surface area (Å²) in [5.41, 5.74) is 0.00656. The van der Waals surface area contributed by atoms with Gasteiger partial charge in [-0.05, 0) is 26.2 Å². The van der Waals surface area contributed by atoms with E-state index in [0.29, 0.717) is 6.61 Å². The molecule has 7 heteroatoms. The molecule has 2 saturated carbocycles. The molecule has 0 unspecified atom stereocenters. The standard InChI is InChI=1S/C15H25N3O3S/c1-4-21-13-9-12(15(13)7-5-6-8-15)18(3)22(19,20)14-10-17(2)11-16-14/h10-13H,4-9H2,1-3H3/t12-,13+/m0/s1. The van der Waals surface area contributed by atoms with Gasteiger partial charge in [0, 0.05) is 38.4 Å². The van der Waals surface area contributed by atoms with Crippen LogP contribution in [0.15, 0.2) is 17.6 Å². The van der Waals surface area contributed by atoms with Crippen molar-refractivity contribution in [1.82, 2.24) is 13.9 Å². The summed E-state index contributed by atoms with van der Waals surface area (Å²) in [7, 11) is -0.0661. The highest BCUT2D eigenvalue weighted by Crippen LogP contribution is 2.57. The molecule has 0 aromatic carbocycles. The van der Waals surface area contributed by atoms with Crippen LogP contribution in [0.4, 0.5) is 0 Å². The van der Waals surface area contributed by atoms with Gasteiger partial charge in [0.15, 0.2) is 5.03 Å². The smallest absolute Gasteiger partial charge is 0.262 e. The summed E-state index contributed by atoms with van der Waals surface area (Å²) in [6, 6.07) is 0.0264. The van der Waals surface area contributed by atoms with E-state index in [0.717, 1.165) is 32.1 Å². The number of hydrogen-bond donors (Lipinski definition) is 0. The van der Waals surface area contributed by atoms with Gasteiger partial charge in [-0.3, -0.25) is 0 Å². The molecular formula is C15H25N3O3S. The maximum absolute atomic E-state index is 12.8. The number of aromatic nitrogens is 2. The maximum Gasteiger partial charge on any atom is 0.262 e. The Labute approximate surface area is 132 Å². The average Bonchev–Trinajstić information content (AvgIpc) is 3.12. The third-order valence-corrected chi connectivity index (χ3v) is 7.16. The van der Waals surface area contributed by atoms with Crippen LogP contribution < -0.4 is 0 Å². The Morgan fingerprint density at radius 2 is 2.14 bits per heavy atom. The van der Waals surface area contributed by atoms with Crippen LogP contribution in [0.3, 0.4) is 0 Å². The Bertz CT molecular complexity index is 634. The van der Waals surface area contributed by atoms with Crippen molar-refractivity contribution in [3.8, 4) is 0 Å². The van der Waals surface area contributed by atoms with Crippen LogP contribution in [0, 0.1) is 5.41 Å². The predicted molar refractivity (Wildman–Crippen MR) is 82.9 cm³/mol. The molecule has 6 nitrogen and oxygen atoms in total. The lowest BCUT2D eigenvalue weighted by molar-refractivity contribution is -0.145. The molecule has 0 bridgehead atoms. The summed E-state index contributed by atoms with van der Waals surface area (Å²) in [5, 5.41) is 0.130. The van der Waals surface area contributed by atoms with Crippen LogP contribution in [0.2, 0.25) is 0 Å². The van der Waals surface area contributed by atoms with Gasteiger partial charge in [0.1, 0.15) is 0 Å². The van der Waals surface area contributed by atoms with E-state index in [1.54, 1.807) is 24.9 Å². The zero-order valence-corrected chi connectivity index (χ0v) is 14.3. The van der Waals surface area contributed by atoms with Gasteiger partial charge in [-0.2, -0.15) is 4.31 Å². The number of ether oxygens (including phenoxy) is 1. The van der Waals surface area contributed by atoms with Crippen LogP contribution >= 0.6 is 0 Å². The molecule has 0 amide bonds. The molecule has 0 aliphatic heterocycles. The van der Waals surface area contributed by atoms with E-state index in [9.17, 15) is 8.42 Å². The number of nitrogens with zero attached hydrogens (tertiary/aromatic N) is 3. The van der Waals surface area contributed by atoms with E-state index in [4.69, 9.17) is 4.74 Å². The monoisotopic (exact) mass is 327 g/mol. The molecule has 0 saturated heterocycles. The van der Waals surface area contributed by atoms with Crippen LogP contribution in [0.1, 0.15) is 39.0 Å². The molecular weight excluding hydrogens is 302 g/mol. The predicted octanol–water partition coefficient (Wildman–Crippen LogP) is 1.78. The van der Waals surface area contributed by atoms with Crippen LogP contribution in [-0.4, -0.2) is 48.1 Å². The van der Waals surface area contributed by atoms with Crippen molar-refractivity contribution >= 4 is 10.0 Å². The SMILES string of the molecule is CCO[C@@H]1C[C@H](N(C)S(=O)(=O)c2cn(C)cn2)C12CCCC2. The van der Waals surface area contributed by atoms with Gasteiger partial charge in [0.05, 0.1) is 12.4 Å². The molecule has 1 aromatic heterocycles. The summed E-state index contributed by atoms with van der Waals surface area (Å²) in [6.45, 7) is 2.69. The molecule has 1 aromatic rings. The van der Waals surface area contributed by atoms with Gasteiger partial charge in [-0.1, -0.05) is 12.8 Å². The number of sulfonamides is 1. The zero-order valence-electron chi connectivity index (χ0n) is 13.5. The third-order valence-electron chi connectivity index (χ3n) is 5.41. The molecule has 2 aliphatic rings. The summed E-state index contributed by atoms with van der Waals surface area (Å²) >= 11 is 0.